The summed E-state index contributed by atoms with van der Waals surface area (Å²) < 4.78 is 10.7. The van der Waals surface area contributed by atoms with Gasteiger partial charge in [0.25, 0.3) is 0 Å². The molecule has 4 nitrogen and oxygen atoms in total. The Balaban J connectivity index is 3.10. The molecule has 98 valence electrons. The maximum Gasteiger partial charge on any atom is 0.161 e. The number of hydrogen-bond acceptors (Lipinski definition) is 4. The largest absolute Gasteiger partial charge is 0.493 e. The van der Waals surface area contributed by atoms with E-state index in [0.29, 0.717) is 18.1 Å². The van der Waals surface area contributed by atoms with Crippen molar-refractivity contribution >= 4 is 23.3 Å². The molecule has 0 saturated heterocycles. The lowest BCUT2D eigenvalue weighted by Crippen LogP contribution is -2.09. The molecule has 0 heterocycles. The minimum atomic E-state index is 0.0634. The van der Waals surface area contributed by atoms with Crippen molar-refractivity contribution in [2.45, 2.75) is 0 Å². The fourth-order valence-corrected chi connectivity index (χ4v) is 1.47. The van der Waals surface area contributed by atoms with Crippen LogP contribution in [0.3, 0.4) is 0 Å². The summed E-state index contributed by atoms with van der Waals surface area (Å²) in [4.78, 5) is 0.0634. The van der Waals surface area contributed by atoms with Crippen molar-refractivity contribution in [2.75, 3.05) is 13.7 Å². The van der Waals surface area contributed by atoms with E-state index in [1.165, 1.54) is 0 Å². The van der Waals surface area contributed by atoms with Crippen molar-refractivity contribution in [3.05, 3.63) is 42.0 Å². The number of rotatable bonds is 6. The Morgan fingerprint density at radius 2 is 2.26 bits per heavy atom. The van der Waals surface area contributed by atoms with Crippen molar-refractivity contribution in [1.29, 1.82) is 5.26 Å². The predicted octanol–water partition coefficient (Wildman–Crippen LogP) is 2.45. The molecular formula is C14H14N2O2S. The lowest BCUT2D eigenvalue weighted by atomic mass is 10.1. The monoisotopic (exact) mass is 274 g/mol. The van der Waals surface area contributed by atoms with Crippen molar-refractivity contribution in [3.63, 3.8) is 0 Å². The van der Waals surface area contributed by atoms with Crippen LogP contribution in [-0.4, -0.2) is 18.7 Å². The van der Waals surface area contributed by atoms with Gasteiger partial charge in [0, 0.05) is 0 Å². The van der Waals surface area contributed by atoms with E-state index in [9.17, 15) is 0 Å². The Morgan fingerprint density at radius 3 is 2.79 bits per heavy atom. The zero-order valence-electron chi connectivity index (χ0n) is 10.6. The molecule has 1 rings (SSSR count). The maximum absolute atomic E-state index is 8.90. The van der Waals surface area contributed by atoms with Crippen LogP contribution in [0.25, 0.3) is 6.08 Å². The van der Waals surface area contributed by atoms with Crippen LogP contribution in [0, 0.1) is 11.3 Å². The highest BCUT2D eigenvalue weighted by Gasteiger charge is 2.06. The molecule has 2 N–H and O–H groups in total. The molecule has 0 fully saturated rings. The summed E-state index contributed by atoms with van der Waals surface area (Å²) in [6.07, 6.45) is 3.25. The molecule has 1 aromatic rings. The first-order valence-corrected chi connectivity index (χ1v) is 5.86. The predicted molar refractivity (Wildman–Crippen MR) is 79.1 cm³/mol. The molecule has 0 bridgehead atoms. The molecule has 0 unspecified atom stereocenters. The molecule has 0 spiro atoms. The molecular weight excluding hydrogens is 260 g/mol. The third kappa shape index (κ3) is 4.12. The maximum atomic E-state index is 8.90. The van der Waals surface area contributed by atoms with Crippen LogP contribution in [0.5, 0.6) is 11.5 Å². The highest BCUT2D eigenvalue weighted by atomic mass is 32.1. The van der Waals surface area contributed by atoms with Crippen molar-refractivity contribution < 1.29 is 9.47 Å². The second-order valence-electron chi connectivity index (χ2n) is 3.54. The quantitative estimate of drug-likeness (QED) is 0.373. The van der Waals surface area contributed by atoms with Gasteiger partial charge in [0.1, 0.15) is 17.7 Å². The second kappa shape index (κ2) is 7.19. The van der Waals surface area contributed by atoms with Gasteiger partial charge in [-0.25, -0.2) is 0 Å². The van der Waals surface area contributed by atoms with Gasteiger partial charge < -0.3 is 15.2 Å². The average molecular weight is 274 g/mol. The number of hydrogen-bond donors (Lipinski definition) is 1. The molecule has 0 amide bonds. The number of nitrogens with two attached hydrogens (primary N) is 1. The molecule has 0 radical (unpaired) electrons. The lowest BCUT2D eigenvalue weighted by Gasteiger charge is -2.09. The average Bonchev–Trinajstić information content (AvgIpc) is 2.42. The van der Waals surface area contributed by atoms with Gasteiger partial charge >= 0.3 is 0 Å². The Bertz CT molecular complexity index is 559. The van der Waals surface area contributed by atoms with Gasteiger partial charge in [0.05, 0.1) is 12.7 Å². The van der Waals surface area contributed by atoms with E-state index in [0.717, 1.165) is 5.56 Å². The first-order chi connectivity index (χ1) is 9.12. The first kappa shape index (κ1) is 14.7. The normalized spacial score (nSPS) is 10.4. The molecule has 0 atom stereocenters. The van der Waals surface area contributed by atoms with Crippen molar-refractivity contribution in [3.8, 4) is 17.6 Å². The highest BCUT2D eigenvalue weighted by Crippen LogP contribution is 2.28. The molecule has 19 heavy (non-hydrogen) atoms. The fourth-order valence-electron chi connectivity index (χ4n) is 1.37. The van der Waals surface area contributed by atoms with Crippen LogP contribution >= 0.6 is 12.2 Å². The molecule has 5 heteroatoms. The minimum absolute atomic E-state index is 0.0634. The van der Waals surface area contributed by atoms with Crippen molar-refractivity contribution in [1.82, 2.24) is 0 Å². The number of nitriles is 1. The van der Waals surface area contributed by atoms with Crippen LogP contribution < -0.4 is 15.2 Å². The number of thiocarbonyl (C=S) groups is 1. The van der Waals surface area contributed by atoms with Gasteiger partial charge in [-0.15, -0.1) is 0 Å². The van der Waals surface area contributed by atoms with Gasteiger partial charge in [-0.2, -0.15) is 5.26 Å². The molecule has 0 aromatic heterocycles. The fraction of sp³-hybridized carbons (Fsp3) is 0.143. The molecule has 0 aliphatic rings. The lowest BCUT2D eigenvalue weighted by molar-refractivity contribution is 0.326. The summed E-state index contributed by atoms with van der Waals surface area (Å²) in [6.45, 7) is 3.97. The van der Waals surface area contributed by atoms with Gasteiger partial charge in [-0.3, -0.25) is 0 Å². The van der Waals surface area contributed by atoms with Crippen LogP contribution in [0.2, 0.25) is 0 Å². The van der Waals surface area contributed by atoms with Crippen LogP contribution in [0.1, 0.15) is 5.56 Å². The summed E-state index contributed by atoms with van der Waals surface area (Å²) in [5, 5.41) is 8.90. The van der Waals surface area contributed by atoms with Crippen LogP contribution in [-0.2, 0) is 0 Å². The number of nitrogens with zero attached hydrogens (tertiary/aromatic N) is 1. The first-order valence-electron chi connectivity index (χ1n) is 5.45. The number of ether oxygens (including phenoxy) is 2. The topological polar surface area (TPSA) is 68.3 Å². The van der Waals surface area contributed by atoms with E-state index in [1.807, 2.05) is 6.07 Å². The minimum Gasteiger partial charge on any atom is -0.493 e. The van der Waals surface area contributed by atoms with E-state index >= 15 is 0 Å². The summed E-state index contributed by atoms with van der Waals surface area (Å²) in [5.41, 5.74) is 6.44. The summed E-state index contributed by atoms with van der Waals surface area (Å²) in [6, 6.07) is 7.23. The number of benzene rings is 1. The van der Waals surface area contributed by atoms with Gasteiger partial charge in [0.15, 0.2) is 11.5 Å². The van der Waals surface area contributed by atoms with E-state index in [-0.39, 0.29) is 10.6 Å². The number of methoxy groups -OCH3 is 1. The SMILES string of the molecule is C=CCOc1ccc(C=C(C#N)C(N)=S)cc1OC. The third-order valence-electron chi connectivity index (χ3n) is 2.24. The van der Waals surface area contributed by atoms with E-state index in [4.69, 9.17) is 32.7 Å². The van der Waals surface area contributed by atoms with Crippen LogP contribution in [0.15, 0.2) is 36.4 Å². The van der Waals surface area contributed by atoms with Gasteiger partial charge in [-0.05, 0) is 23.8 Å². The molecule has 0 aliphatic heterocycles. The second-order valence-corrected chi connectivity index (χ2v) is 3.98. The Hall–Kier alpha value is -2.32. The Labute approximate surface area is 117 Å². The van der Waals surface area contributed by atoms with Gasteiger partial charge in [0.2, 0.25) is 0 Å². The Kier molecular flexibility index (Phi) is 5.58. The highest BCUT2D eigenvalue weighted by molar-refractivity contribution is 7.80. The summed E-state index contributed by atoms with van der Waals surface area (Å²) >= 11 is 4.78. The molecule has 1 aromatic carbocycles. The Morgan fingerprint density at radius 1 is 1.53 bits per heavy atom. The summed E-state index contributed by atoms with van der Waals surface area (Å²) in [7, 11) is 1.54. The van der Waals surface area contributed by atoms with E-state index < -0.39 is 0 Å². The zero-order valence-corrected chi connectivity index (χ0v) is 11.4. The third-order valence-corrected chi connectivity index (χ3v) is 2.46. The molecule has 0 aliphatic carbocycles. The zero-order chi connectivity index (χ0) is 14.3. The standard InChI is InChI=1S/C14H14N2O2S/c1-3-6-18-12-5-4-10(8-13(12)17-2)7-11(9-15)14(16)19/h3-5,7-8H,1,6H2,2H3,(H2,16,19). The van der Waals surface area contributed by atoms with Gasteiger partial charge in [-0.1, -0.05) is 30.9 Å². The van der Waals surface area contributed by atoms with E-state index in [2.05, 4.69) is 6.58 Å². The summed E-state index contributed by atoms with van der Waals surface area (Å²) in [5.74, 6) is 1.17. The van der Waals surface area contributed by atoms with E-state index in [1.54, 1.807) is 37.5 Å². The van der Waals surface area contributed by atoms with Crippen molar-refractivity contribution in [2.24, 2.45) is 5.73 Å². The smallest absolute Gasteiger partial charge is 0.161 e. The molecule has 0 saturated carbocycles. The van der Waals surface area contributed by atoms with Crippen LogP contribution in [0.4, 0.5) is 0 Å².